The summed E-state index contributed by atoms with van der Waals surface area (Å²) in [5.74, 6) is 0.150. The number of nitrogens with one attached hydrogen (secondary N) is 2. The van der Waals surface area contributed by atoms with Gasteiger partial charge >= 0.3 is 6.18 Å². The number of hydrogen-bond acceptors (Lipinski definition) is 4. The van der Waals surface area contributed by atoms with Crippen molar-refractivity contribution in [2.45, 2.75) is 33.5 Å². The number of halogens is 3. The van der Waals surface area contributed by atoms with Gasteiger partial charge < -0.3 is 15.4 Å². The van der Waals surface area contributed by atoms with E-state index in [2.05, 4.69) is 15.7 Å². The van der Waals surface area contributed by atoms with Crippen molar-refractivity contribution in [3.63, 3.8) is 0 Å². The van der Waals surface area contributed by atoms with Crippen molar-refractivity contribution in [1.29, 1.82) is 0 Å². The van der Waals surface area contributed by atoms with E-state index in [-0.39, 0.29) is 11.8 Å². The highest BCUT2D eigenvalue weighted by Gasteiger charge is 2.30. The van der Waals surface area contributed by atoms with E-state index in [0.717, 1.165) is 23.4 Å². The first-order valence-corrected chi connectivity index (χ1v) is 12.1. The Labute approximate surface area is 223 Å². The lowest BCUT2D eigenvalue weighted by molar-refractivity contribution is -0.137. The zero-order chi connectivity index (χ0) is 28.3. The van der Waals surface area contributed by atoms with Crippen molar-refractivity contribution in [2.24, 2.45) is 0 Å². The van der Waals surface area contributed by atoms with Gasteiger partial charge in [0.25, 0.3) is 11.8 Å². The number of carbonyl (C=O) groups is 2. The summed E-state index contributed by atoms with van der Waals surface area (Å²) in [7, 11) is 1.58. The minimum absolute atomic E-state index is 0.177. The van der Waals surface area contributed by atoms with Gasteiger partial charge in [-0.15, -0.1) is 0 Å². The van der Waals surface area contributed by atoms with E-state index in [9.17, 15) is 22.8 Å². The molecule has 4 aromatic rings. The highest BCUT2D eigenvalue weighted by Crippen LogP contribution is 2.34. The van der Waals surface area contributed by atoms with Crippen molar-refractivity contribution in [3.05, 3.63) is 106 Å². The Hall–Kier alpha value is -4.60. The Kier molecular flexibility index (Phi) is 7.75. The fourth-order valence-electron chi connectivity index (χ4n) is 4.09. The lowest BCUT2D eigenvalue weighted by Crippen LogP contribution is -2.18. The summed E-state index contributed by atoms with van der Waals surface area (Å²) in [6.45, 7) is 5.60. The molecule has 4 rings (SSSR count). The third-order valence-electron chi connectivity index (χ3n) is 6.22. The van der Waals surface area contributed by atoms with Crippen LogP contribution in [0.4, 0.5) is 18.9 Å². The number of anilines is 1. The summed E-state index contributed by atoms with van der Waals surface area (Å²) in [5, 5.41) is 10.1. The van der Waals surface area contributed by atoms with E-state index < -0.39 is 11.7 Å². The van der Waals surface area contributed by atoms with E-state index in [1.807, 2.05) is 13.0 Å². The highest BCUT2D eigenvalue weighted by molar-refractivity contribution is 6.05. The van der Waals surface area contributed by atoms with Gasteiger partial charge in [-0.2, -0.15) is 18.3 Å². The number of carbonyl (C=O) groups excluding carboxylic acids is 2. The van der Waals surface area contributed by atoms with Crippen LogP contribution < -0.4 is 15.4 Å². The molecule has 39 heavy (non-hydrogen) atoms. The second-order valence-electron chi connectivity index (χ2n) is 9.04. The number of alkyl halides is 3. The van der Waals surface area contributed by atoms with Crippen LogP contribution in [0.5, 0.6) is 11.5 Å². The molecular weight excluding hydrogens is 509 g/mol. The third kappa shape index (κ3) is 6.28. The minimum Gasteiger partial charge on any atom is -0.457 e. The van der Waals surface area contributed by atoms with Crippen molar-refractivity contribution in [2.75, 3.05) is 12.4 Å². The van der Waals surface area contributed by atoms with Gasteiger partial charge in [-0.3, -0.25) is 14.3 Å². The van der Waals surface area contributed by atoms with E-state index in [4.69, 9.17) is 4.74 Å². The molecule has 0 spiro atoms. The van der Waals surface area contributed by atoms with Gasteiger partial charge in [-0.25, -0.2) is 0 Å². The molecule has 0 saturated heterocycles. The summed E-state index contributed by atoms with van der Waals surface area (Å²) in [6.07, 6.45) is -4.43. The van der Waals surface area contributed by atoms with Crippen LogP contribution in [-0.2, 0) is 12.7 Å². The zero-order valence-electron chi connectivity index (χ0n) is 21.8. The molecule has 10 heteroatoms. The van der Waals surface area contributed by atoms with Crippen LogP contribution in [0, 0.1) is 20.8 Å². The lowest BCUT2D eigenvalue weighted by atomic mass is 10.1. The Morgan fingerprint density at radius 2 is 1.64 bits per heavy atom. The molecule has 1 aromatic heterocycles. The number of benzene rings is 3. The molecular formula is C29H27F3N4O3. The summed E-state index contributed by atoms with van der Waals surface area (Å²) in [4.78, 5) is 24.9. The maximum Gasteiger partial charge on any atom is 0.416 e. The molecule has 0 bridgehead atoms. The Morgan fingerprint density at radius 3 is 2.28 bits per heavy atom. The molecule has 0 aliphatic carbocycles. The van der Waals surface area contributed by atoms with E-state index in [1.165, 1.54) is 13.0 Å². The van der Waals surface area contributed by atoms with Gasteiger partial charge in [0.2, 0.25) is 0 Å². The fourth-order valence-corrected chi connectivity index (χ4v) is 4.09. The molecule has 2 amide bonds. The Morgan fingerprint density at radius 1 is 0.923 bits per heavy atom. The average molecular weight is 537 g/mol. The molecule has 0 radical (unpaired) electrons. The van der Waals surface area contributed by atoms with Crippen molar-refractivity contribution < 1.29 is 27.5 Å². The first kappa shape index (κ1) is 27.4. The van der Waals surface area contributed by atoms with Crippen LogP contribution in [0.15, 0.2) is 66.7 Å². The highest BCUT2D eigenvalue weighted by atomic mass is 19.4. The summed E-state index contributed by atoms with van der Waals surface area (Å²) < 4.78 is 46.2. The largest absolute Gasteiger partial charge is 0.457 e. The first-order valence-electron chi connectivity index (χ1n) is 12.1. The van der Waals surface area contributed by atoms with Crippen LogP contribution in [0.25, 0.3) is 0 Å². The second kappa shape index (κ2) is 11.0. The van der Waals surface area contributed by atoms with Crippen molar-refractivity contribution in [1.82, 2.24) is 15.1 Å². The topological polar surface area (TPSA) is 85.3 Å². The standard InChI is InChI=1S/C29H27F3N4O3/c1-17-14-23(29(30,31)32)10-13-25(17)39-24-11-8-21(9-12-24)28(38)34-26-18(2)35-36(19(26)3)16-20-6-5-7-22(15-20)27(37)33-4/h5-15H,16H2,1-4H3,(H,33,37)(H,34,38). The molecule has 1 heterocycles. The van der Waals surface area contributed by atoms with Gasteiger partial charge in [0.05, 0.1) is 29.2 Å². The van der Waals surface area contributed by atoms with Crippen LogP contribution in [0.3, 0.4) is 0 Å². The molecule has 0 fully saturated rings. The molecule has 3 aromatic carbocycles. The number of amides is 2. The summed E-state index contributed by atoms with van der Waals surface area (Å²) >= 11 is 0. The number of aryl methyl sites for hydroxylation is 2. The number of rotatable bonds is 7. The molecule has 7 nitrogen and oxygen atoms in total. The van der Waals surface area contributed by atoms with Crippen LogP contribution in [-0.4, -0.2) is 28.6 Å². The second-order valence-corrected chi connectivity index (χ2v) is 9.04. The fraction of sp³-hybridized carbons (Fsp3) is 0.207. The zero-order valence-corrected chi connectivity index (χ0v) is 21.8. The molecule has 2 N–H and O–H groups in total. The smallest absolute Gasteiger partial charge is 0.416 e. The van der Waals surface area contributed by atoms with E-state index in [1.54, 1.807) is 61.1 Å². The van der Waals surface area contributed by atoms with Crippen LogP contribution >= 0.6 is 0 Å². The van der Waals surface area contributed by atoms with E-state index in [0.29, 0.717) is 46.1 Å². The number of nitrogens with zero attached hydrogens (tertiary/aromatic N) is 2. The SMILES string of the molecule is CNC(=O)c1cccc(Cn2nc(C)c(NC(=O)c3ccc(Oc4ccc(C(F)(F)F)cc4C)cc3)c2C)c1. The lowest BCUT2D eigenvalue weighted by Gasteiger charge is -2.12. The number of hydrogen-bond donors (Lipinski definition) is 2. The predicted octanol–water partition coefficient (Wildman–Crippen LogP) is 6.28. The molecule has 0 aliphatic rings. The third-order valence-corrected chi connectivity index (χ3v) is 6.22. The predicted molar refractivity (Wildman–Crippen MR) is 141 cm³/mol. The molecule has 0 saturated carbocycles. The van der Waals surface area contributed by atoms with Gasteiger partial charge in [-0.05, 0) is 86.5 Å². The van der Waals surface area contributed by atoms with Gasteiger partial charge in [0.1, 0.15) is 11.5 Å². The van der Waals surface area contributed by atoms with Gasteiger partial charge in [0.15, 0.2) is 0 Å². The van der Waals surface area contributed by atoms with E-state index >= 15 is 0 Å². The maximum atomic E-state index is 13.0. The van der Waals surface area contributed by atoms with Crippen molar-refractivity contribution >= 4 is 17.5 Å². The summed E-state index contributed by atoms with van der Waals surface area (Å²) in [6, 6.07) is 16.8. The van der Waals surface area contributed by atoms with Crippen LogP contribution in [0.2, 0.25) is 0 Å². The quantitative estimate of drug-likeness (QED) is 0.291. The minimum atomic E-state index is -4.43. The summed E-state index contributed by atoms with van der Waals surface area (Å²) in [5.41, 5.74) is 3.38. The normalized spacial score (nSPS) is 11.3. The average Bonchev–Trinajstić information content (AvgIpc) is 3.16. The Bertz CT molecular complexity index is 1530. The first-order chi connectivity index (χ1) is 18.5. The monoisotopic (exact) mass is 536 g/mol. The molecule has 0 unspecified atom stereocenters. The molecule has 0 aliphatic heterocycles. The van der Waals surface area contributed by atoms with Gasteiger partial charge in [0, 0.05) is 18.2 Å². The van der Waals surface area contributed by atoms with Crippen molar-refractivity contribution in [3.8, 4) is 11.5 Å². The molecule has 202 valence electrons. The van der Waals surface area contributed by atoms with Crippen LogP contribution in [0.1, 0.15) is 48.8 Å². The Balaban J connectivity index is 1.45. The van der Waals surface area contributed by atoms with Gasteiger partial charge in [-0.1, -0.05) is 12.1 Å². The maximum absolute atomic E-state index is 13.0. The number of aromatic nitrogens is 2. The molecule has 0 atom stereocenters. The number of ether oxygens (including phenoxy) is 1.